The Labute approximate surface area is 276 Å². The van der Waals surface area contributed by atoms with Gasteiger partial charge in [0.1, 0.15) is 19.3 Å². The van der Waals surface area contributed by atoms with E-state index in [0.29, 0.717) is 25.1 Å². The Morgan fingerprint density at radius 2 is 1.56 bits per heavy atom. The van der Waals surface area contributed by atoms with Crippen molar-refractivity contribution >= 4 is 39.2 Å². The minimum atomic E-state index is -1.23. The summed E-state index contributed by atoms with van der Waals surface area (Å²) in [6, 6.07) is 6.36. The standard InChI is InChI=1S/C33H52ClN5O4Si2/c1-40-23-43-30-17-27(19-35-32(30)34)28-20-36-39-31(18-29(37-33(28)39)26-15-24-8-9-25(14-24)16-26)38(21-41-10-12-44(2,3)4)22-42-11-13-45(5,6)7/h17-20,24-26H,8-16,21-23H2,1-7H3/t24-,25+,26+. The number of hydrogen-bond acceptors (Lipinski definition) is 8. The van der Waals surface area contributed by atoms with Gasteiger partial charge in [-0.3, -0.25) is 0 Å². The molecule has 2 aliphatic carbocycles. The zero-order chi connectivity index (χ0) is 32.2. The lowest BCUT2D eigenvalue weighted by molar-refractivity contribution is 0.0510. The molecule has 9 nitrogen and oxygen atoms in total. The Hall–Kier alpha value is -2.03. The number of anilines is 1. The molecular formula is C33H52ClN5O4Si2. The van der Waals surface area contributed by atoms with Gasteiger partial charge in [-0.25, -0.2) is 9.97 Å². The van der Waals surface area contributed by atoms with Crippen LogP contribution in [-0.2, 0) is 14.2 Å². The Bertz CT molecular complexity index is 1390. The Morgan fingerprint density at radius 1 is 0.911 bits per heavy atom. The zero-order valence-corrected chi connectivity index (χ0v) is 31.0. The van der Waals surface area contributed by atoms with Gasteiger partial charge in [0.2, 0.25) is 0 Å². The van der Waals surface area contributed by atoms with Crippen LogP contribution in [0.5, 0.6) is 5.75 Å². The summed E-state index contributed by atoms with van der Waals surface area (Å²) in [5.41, 5.74) is 3.63. The van der Waals surface area contributed by atoms with Crippen LogP contribution in [-0.4, -0.2) is 76.3 Å². The highest BCUT2D eigenvalue weighted by Crippen LogP contribution is 2.48. The van der Waals surface area contributed by atoms with Crippen LogP contribution in [0, 0.1) is 11.8 Å². The van der Waals surface area contributed by atoms with Gasteiger partial charge in [0.25, 0.3) is 0 Å². The van der Waals surface area contributed by atoms with E-state index >= 15 is 0 Å². The van der Waals surface area contributed by atoms with Gasteiger partial charge in [-0.2, -0.15) is 9.61 Å². The summed E-state index contributed by atoms with van der Waals surface area (Å²) in [5, 5.41) is 5.17. The van der Waals surface area contributed by atoms with E-state index in [-0.39, 0.29) is 11.9 Å². The van der Waals surface area contributed by atoms with Crippen LogP contribution in [0.1, 0.15) is 43.7 Å². The molecule has 248 valence electrons. The van der Waals surface area contributed by atoms with Gasteiger partial charge >= 0.3 is 0 Å². The third-order valence-corrected chi connectivity index (χ3v) is 12.7. The maximum absolute atomic E-state index is 6.36. The normalized spacial score (nSPS) is 20.2. The number of fused-ring (bicyclic) bond motifs is 3. The summed E-state index contributed by atoms with van der Waals surface area (Å²) in [6.07, 6.45) is 10.1. The lowest BCUT2D eigenvalue weighted by atomic mass is 9.79. The number of pyridine rings is 1. The van der Waals surface area contributed by atoms with Crippen molar-refractivity contribution in [3.63, 3.8) is 0 Å². The van der Waals surface area contributed by atoms with Gasteiger partial charge in [0, 0.05) is 71.5 Å². The van der Waals surface area contributed by atoms with Crippen molar-refractivity contribution in [2.45, 2.75) is 89.4 Å². The van der Waals surface area contributed by atoms with Crippen LogP contribution < -0.4 is 9.64 Å². The molecular weight excluding hydrogens is 622 g/mol. The highest BCUT2D eigenvalue weighted by atomic mass is 35.5. The maximum Gasteiger partial charge on any atom is 0.188 e. The molecule has 3 heterocycles. The Morgan fingerprint density at radius 3 is 2.16 bits per heavy atom. The van der Waals surface area contributed by atoms with Crippen LogP contribution in [0.4, 0.5) is 5.82 Å². The third-order valence-electron chi connectivity index (χ3n) is 9.04. The third kappa shape index (κ3) is 9.29. The molecule has 12 heteroatoms. The van der Waals surface area contributed by atoms with Crippen LogP contribution in [0.3, 0.4) is 0 Å². The fourth-order valence-corrected chi connectivity index (χ4v) is 8.10. The van der Waals surface area contributed by atoms with Crippen molar-refractivity contribution in [2.75, 3.05) is 45.5 Å². The van der Waals surface area contributed by atoms with Gasteiger partial charge < -0.3 is 23.8 Å². The fraction of sp³-hybridized carbons (Fsp3) is 0.667. The first kappa shape index (κ1) is 34.3. The van der Waals surface area contributed by atoms with Gasteiger partial charge in [0.15, 0.2) is 23.3 Å². The number of methoxy groups -OCH3 is 1. The van der Waals surface area contributed by atoms with Gasteiger partial charge in [-0.1, -0.05) is 63.7 Å². The van der Waals surface area contributed by atoms with Crippen molar-refractivity contribution in [3.05, 3.63) is 35.4 Å². The average Bonchev–Trinajstić information content (AvgIpc) is 3.56. The first-order valence-corrected chi connectivity index (χ1v) is 24.3. The molecule has 2 saturated carbocycles. The molecule has 2 fully saturated rings. The number of halogens is 1. The molecule has 2 bridgehead atoms. The summed E-state index contributed by atoms with van der Waals surface area (Å²) in [6.45, 7) is 16.7. The van der Waals surface area contributed by atoms with E-state index in [0.717, 1.165) is 65.4 Å². The number of hydrogen-bond donors (Lipinski definition) is 0. The molecule has 5 rings (SSSR count). The Kier molecular flexibility index (Phi) is 11.3. The molecule has 0 aromatic carbocycles. The van der Waals surface area contributed by atoms with Crippen molar-refractivity contribution in [1.82, 2.24) is 19.6 Å². The maximum atomic E-state index is 6.36. The van der Waals surface area contributed by atoms with E-state index in [1.165, 1.54) is 32.1 Å². The largest absolute Gasteiger partial charge is 0.464 e. The van der Waals surface area contributed by atoms with Crippen molar-refractivity contribution in [2.24, 2.45) is 11.8 Å². The fourth-order valence-electron chi connectivity index (χ4n) is 6.43. The smallest absolute Gasteiger partial charge is 0.188 e. The topological polar surface area (TPSA) is 83.2 Å². The van der Waals surface area contributed by atoms with Gasteiger partial charge in [-0.05, 0) is 49.3 Å². The molecule has 45 heavy (non-hydrogen) atoms. The SMILES string of the molecule is COCOc1cc(-c2cnn3c(N(COCC[Si](C)(C)C)COCC[Si](C)(C)C)cc([C@H]4C[C@@H]5CC[C@@H](C5)C4)nc23)cnc1Cl. The summed E-state index contributed by atoms with van der Waals surface area (Å²) in [5.74, 6) is 3.42. The number of aromatic nitrogens is 4. The minimum Gasteiger partial charge on any atom is -0.464 e. The molecule has 0 unspecified atom stereocenters. The van der Waals surface area contributed by atoms with Crippen LogP contribution in [0.15, 0.2) is 24.5 Å². The van der Waals surface area contributed by atoms with Crippen molar-refractivity contribution in [3.8, 4) is 16.9 Å². The quantitative estimate of drug-likeness (QED) is 0.0652. The lowest BCUT2D eigenvalue weighted by Gasteiger charge is -2.30. The van der Waals surface area contributed by atoms with Gasteiger partial charge in [0.05, 0.1) is 6.20 Å². The van der Waals surface area contributed by atoms with E-state index in [2.05, 4.69) is 55.2 Å². The molecule has 0 N–H and O–H groups in total. The molecule has 3 aromatic heterocycles. The predicted octanol–water partition coefficient (Wildman–Crippen LogP) is 8.15. The second-order valence-corrected chi connectivity index (χ2v) is 26.9. The molecule has 0 aliphatic heterocycles. The summed E-state index contributed by atoms with van der Waals surface area (Å²) < 4.78 is 25.4. The molecule has 3 aromatic rings. The molecule has 0 saturated heterocycles. The molecule has 3 atom stereocenters. The van der Waals surface area contributed by atoms with E-state index in [4.69, 9.17) is 40.6 Å². The minimum absolute atomic E-state index is 0.0839. The van der Waals surface area contributed by atoms with E-state index in [9.17, 15) is 0 Å². The zero-order valence-electron chi connectivity index (χ0n) is 28.3. The van der Waals surface area contributed by atoms with Crippen molar-refractivity contribution < 1.29 is 18.9 Å². The van der Waals surface area contributed by atoms with Gasteiger partial charge in [-0.15, -0.1) is 0 Å². The molecule has 0 spiro atoms. The first-order valence-electron chi connectivity index (χ1n) is 16.5. The number of rotatable bonds is 16. The van der Waals surface area contributed by atoms with Crippen LogP contribution >= 0.6 is 11.6 Å². The average molecular weight is 674 g/mol. The first-order chi connectivity index (χ1) is 21.4. The molecule has 2 aliphatic rings. The second kappa shape index (κ2) is 14.8. The summed E-state index contributed by atoms with van der Waals surface area (Å²) >= 11 is 6.36. The number of nitrogens with zero attached hydrogens (tertiary/aromatic N) is 5. The highest BCUT2D eigenvalue weighted by Gasteiger charge is 2.36. The summed E-state index contributed by atoms with van der Waals surface area (Å²) in [7, 11) is -0.872. The second-order valence-electron chi connectivity index (χ2n) is 15.3. The van der Waals surface area contributed by atoms with Crippen molar-refractivity contribution in [1.29, 1.82) is 0 Å². The van der Waals surface area contributed by atoms with E-state index < -0.39 is 16.1 Å². The van der Waals surface area contributed by atoms with Crippen LogP contribution in [0.25, 0.3) is 16.8 Å². The van der Waals surface area contributed by atoms with E-state index in [1.54, 1.807) is 13.3 Å². The Balaban J connectivity index is 1.53. The lowest BCUT2D eigenvalue weighted by Crippen LogP contribution is -2.33. The summed E-state index contributed by atoms with van der Waals surface area (Å²) in [4.78, 5) is 11.9. The van der Waals surface area contributed by atoms with E-state index in [1.807, 2.05) is 16.8 Å². The number of ether oxygens (including phenoxy) is 4. The molecule has 0 radical (unpaired) electrons. The molecule has 0 amide bonds. The monoisotopic (exact) mass is 673 g/mol. The van der Waals surface area contributed by atoms with Crippen LogP contribution in [0.2, 0.25) is 56.5 Å². The predicted molar refractivity (Wildman–Crippen MR) is 187 cm³/mol. The highest BCUT2D eigenvalue weighted by molar-refractivity contribution is 6.76.